The number of fused-ring (bicyclic) bond motifs is 2. The van der Waals surface area contributed by atoms with Crippen molar-refractivity contribution in [3.8, 4) is 5.75 Å². The molecule has 36 heavy (non-hydrogen) atoms. The van der Waals surface area contributed by atoms with Crippen LogP contribution in [0.15, 0.2) is 23.0 Å². The van der Waals surface area contributed by atoms with Gasteiger partial charge in [0.05, 0.1) is 17.8 Å². The zero-order chi connectivity index (χ0) is 26.0. The molecule has 6 rings (SSSR count). The molecule has 2 aromatic rings. The highest BCUT2D eigenvalue weighted by Crippen LogP contribution is 2.58. The maximum absolute atomic E-state index is 14.2. The summed E-state index contributed by atoms with van der Waals surface area (Å²) in [5.74, 6) is -1.32. The highest BCUT2D eigenvalue weighted by Gasteiger charge is 2.47. The van der Waals surface area contributed by atoms with Crippen LogP contribution in [0.1, 0.15) is 42.7 Å². The quantitative estimate of drug-likeness (QED) is 0.477. The molecule has 2 fully saturated rings. The van der Waals surface area contributed by atoms with Crippen molar-refractivity contribution >= 4 is 28.5 Å². The van der Waals surface area contributed by atoms with Crippen LogP contribution in [0.3, 0.4) is 0 Å². The van der Waals surface area contributed by atoms with Crippen LogP contribution in [0, 0.1) is 11.7 Å². The van der Waals surface area contributed by atoms with Crippen LogP contribution < -0.4 is 20.1 Å². The molecule has 4 aliphatic rings. The smallest absolute Gasteiger partial charge is 0.297 e. The molecule has 1 amide bonds. The van der Waals surface area contributed by atoms with Gasteiger partial charge in [-0.25, -0.2) is 9.37 Å². The number of aromatic hydroxyl groups is 1. The van der Waals surface area contributed by atoms with Gasteiger partial charge in [0, 0.05) is 33.2 Å². The van der Waals surface area contributed by atoms with Crippen LogP contribution in [-0.4, -0.2) is 66.2 Å². The molecule has 2 bridgehead atoms. The maximum Gasteiger partial charge on any atom is 0.297 e. The van der Waals surface area contributed by atoms with Gasteiger partial charge in [0.1, 0.15) is 5.82 Å². The van der Waals surface area contributed by atoms with Crippen molar-refractivity contribution in [3.05, 3.63) is 45.6 Å². The number of piperidine rings is 1. The first kappa shape index (κ1) is 24.8. The monoisotopic (exact) mass is 522 g/mol. The lowest BCUT2D eigenvalue weighted by Crippen LogP contribution is -2.37. The van der Waals surface area contributed by atoms with Crippen molar-refractivity contribution in [2.75, 3.05) is 35.9 Å². The summed E-state index contributed by atoms with van der Waals surface area (Å²) in [5, 5.41) is 13.2. The van der Waals surface area contributed by atoms with Gasteiger partial charge in [-0.1, -0.05) is 17.0 Å². The van der Waals surface area contributed by atoms with E-state index in [0.717, 1.165) is 25.9 Å². The third kappa shape index (κ3) is 3.99. The van der Waals surface area contributed by atoms with E-state index in [2.05, 4.69) is 10.3 Å². The summed E-state index contributed by atoms with van der Waals surface area (Å²) in [5.41, 5.74) is -0.950. The topological polar surface area (TPSA) is 134 Å². The fraction of sp³-hybridized carbons (Fsp3) is 0.522. The van der Waals surface area contributed by atoms with Gasteiger partial charge in [-0.3, -0.25) is 27.6 Å². The number of carbonyl (C=O) groups excluding carboxylic acids is 1. The number of amides is 1. The number of anilines is 2. The lowest BCUT2D eigenvalue weighted by molar-refractivity contribution is 0.0942. The number of aromatic nitrogens is 2. The fourth-order valence-corrected chi connectivity index (χ4v) is 7.02. The highest BCUT2D eigenvalue weighted by molar-refractivity contribution is 8.23. The minimum Gasteiger partial charge on any atom is -0.501 e. The van der Waals surface area contributed by atoms with E-state index < -0.39 is 39.5 Å². The molecule has 13 heteroatoms. The van der Waals surface area contributed by atoms with Gasteiger partial charge >= 0.3 is 0 Å². The Kier molecular flexibility index (Phi) is 5.93. The van der Waals surface area contributed by atoms with E-state index in [-0.39, 0.29) is 24.5 Å². The predicted molar refractivity (Wildman–Crippen MR) is 135 cm³/mol. The van der Waals surface area contributed by atoms with E-state index in [9.17, 15) is 28.2 Å². The van der Waals surface area contributed by atoms with Crippen molar-refractivity contribution in [1.29, 1.82) is 0 Å². The number of nitrogens with zero attached hydrogens (tertiary/aromatic N) is 5. The summed E-state index contributed by atoms with van der Waals surface area (Å²) in [6, 6.07) is 3.87. The normalized spacial score (nSPS) is 21.8. The lowest BCUT2D eigenvalue weighted by atomic mass is 9.98. The van der Waals surface area contributed by atoms with Gasteiger partial charge < -0.3 is 15.3 Å². The number of hydrogen-bond donors (Lipinski definition) is 4. The molecule has 0 spiro atoms. The van der Waals surface area contributed by atoms with Crippen molar-refractivity contribution in [2.45, 2.75) is 45.3 Å². The number of likely N-dealkylation sites (N-methyl/N-ethyl adjacent to an activating group) is 1. The molecule has 1 aromatic heterocycles. The third-order valence-electron chi connectivity index (χ3n) is 7.48. The Morgan fingerprint density at radius 1 is 1.28 bits per heavy atom. The summed E-state index contributed by atoms with van der Waals surface area (Å²) in [4.78, 5) is 32.3. The van der Waals surface area contributed by atoms with E-state index in [0.29, 0.717) is 24.0 Å². The molecule has 2 saturated heterocycles. The number of rotatable bonds is 4. The molecule has 0 unspecified atom stereocenters. The number of carbonyl (C=O) groups is 1. The number of halogens is 1. The molecule has 196 valence electrons. The molecule has 0 atom stereocenters. The van der Waals surface area contributed by atoms with E-state index >= 15 is 0 Å². The summed E-state index contributed by atoms with van der Waals surface area (Å²) in [6.07, 6.45) is 1.83. The van der Waals surface area contributed by atoms with Crippen LogP contribution in [-0.2, 0) is 13.1 Å². The first-order chi connectivity index (χ1) is 16.9. The molecule has 0 saturated carbocycles. The van der Waals surface area contributed by atoms with Crippen LogP contribution >= 0.6 is 11.0 Å². The summed E-state index contributed by atoms with van der Waals surface area (Å²) in [6.45, 7) is 5.71. The van der Waals surface area contributed by atoms with E-state index in [4.69, 9.17) is 0 Å². The van der Waals surface area contributed by atoms with Crippen molar-refractivity contribution in [1.82, 2.24) is 19.2 Å². The fourth-order valence-electron chi connectivity index (χ4n) is 5.08. The van der Waals surface area contributed by atoms with Gasteiger partial charge in [-0.15, -0.1) is 0 Å². The van der Waals surface area contributed by atoms with E-state index in [1.165, 1.54) is 31.4 Å². The van der Waals surface area contributed by atoms with Crippen molar-refractivity contribution < 1.29 is 23.4 Å². The first-order valence-corrected chi connectivity index (χ1v) is 13.3. The van der Waals surface area contributed by atoms with Gasteiger partial charge in [0.15, 0.2) is 5.69 Å². The largest absolute Gasteiger partial charge is 0.501 e. The minimum atomic E-state index is -3.40. The first-order valence-electron chi connectivity index (χ1n) is 11.9. The van der Waals surface area contributed by atoms with Gasteiger partial charge in [0.2, 0.25) is 11.7 Å². The van der Waals surface area contributed by atoms with E-state index in [1.54, 1.807) is 7.05 Å². The molecule has 5 heterocycles. The van der Waals surface area contributed by atoms with Crippen LogP contribution in [0.5, 0.6) is 5.75 Å². The predicted octanol–water partition coefficient (Wildman–Crippen LogP) is 2.36. The Morgan fingerprint density at radius 3 is 2.61 bits per heavy atom. The third-order valence-corrected chi connectivity index (χ3v) is 9.63. The van der Waals surface area contributed by atoms with E-state index in [1.807, 2.05) is 18.7 Å². The zero-order valence-electron chi connectivity index (χ0n) is 20.4. The Balaban J connectivity index is 1.43. The second-order valence-electron chi connectivity index (χ2n) is 10.2. The molecule has 4 aliphatic heterocycles. The molecule has 11 nitrogen and oxygen atoms in total. The molecule has 1 aromatic carbocycles. The Hall–Kier alpha value is -2.87. The van der Waals surface area contributed by atoms with Gasteiger partial charge in [0.25, 0.3) is 11.5 Å². The van der Waals surface area contributed by atoms with Crippen molar-refractivity contribution in [2.24, 2.45) is 5.92 Å². The SMILES string of the molecule is CN1C(C)(C)CN(c2cc(F)ccc2CNC(=O)c2nc3n(c(=O)c2O)CC2CCN3CC2)S1(O)O. The minimum absolute atomic E-state index is 0.115. The summed E-state index contributed by atoms with van der Waals surface area (Å²) < 4.78 is 40.1. The van der Waals surface area contributed by atoms with Crippen LogP contribution in [0.2, 0.25) is 0 Å². The summed E-state index contributed by atoms with van der Waals surface area (Å²) >= 11 is 0. The second kappa shape index (κ2) is 8.61. The van der Waals surface area contributed by atoms with Crippen LogP contribution in [0.25, 0.3) is 0 Å². The molecular formula is C23H31FN6O5S. The molecule has 4 N–H and O–H groups in total. The summed E-state index contributed by atoms with van der Waals surface area (Å²) in [7, 11) is -1.82. The van der Waals surface area contributed by atoms with Crippen LogP contribution in [0.4, 0.5) is 16.0 Å². The maximum atomic E-state index is 14.2. The second-order valence-corrected chi connectivity index (χ2v) is 12.2. The lowest BCUT2D eigenvalue weighted by Gasteiger charge is -2.43. The molecular weight excluding hydrogens is 491 g/mol. The average molecular weight is 523 g/mol. The standard InChI is InChI=1S/C23H31FN6O5S/c1-23(2)13-30(36(34,35)27(23)3)17-10-16(24)5-4-15(17)11-25-20(32)18-19(31)21(33)29-12-14-6-8-28(9-7-14)22(29)26-18/h4-5,10,14,31,34-35H,6-9,11-13H2,1-3H3,(H,25,32). The van der Waals surface area contributed by atoms with Gasteiger partial charge in [-0.2, -0.15) is 4.31 Å². The van der Waals surface area contributed by atoms with Gasteiger partial charge in [-0.05, 0) is 50.3 Å². The average Bonchev–Trinajstić information content (AvgIpc) is 3.02. The number of nitrogens with one attached hydrogen (secondary N) is 1. The Bertz CT molecular complexity index is 1280. The van der Waals surface area contributed by atoms with Crippen molar-refractivity contribution in [3.63, 3.8) is 0 Å². The Labute approximate surface area is 209 Å². The number of hydrogen-bond acceptors (Lipinski definition) is 9. The number of benzene rings is 1. The zero-order valence-corrected chi connectivity index (χ0v) is 21.3. The highest BCUT2D eigenvalue weighted by atomic mass is 32.3. The Morgan fingerprint density at radius 2 is 1.97 bits per heavy atom. The molecule has 0 radical (unpaired) electrons. The molecule has 0 aliphatic carbocycles.